The van der Waals surface area contributed by atoms with E-state index in [0.29, 0.717) is 6.54 Å². The van der Waals surface area contributed by atoms with Crippen LogP contribution in [0.5, 0.6) is 0 Å². The van der Waals surface area contributed by atoms with Crippen LogP contribution in [0.4, 0.5) is 11.4 Å². The van der Waals surface area contributed by atoms with E-state index in [2.05, 4.69) is 31.2 Å². The average Bonchev–Trinajstić information content (AvgIpc) is 2.74. The number of aromatic nitrogens is 2. The zero-order chi connectivity index (χ0) is 11.5. The Kier molecular flexibility index (Phi) is 3.14. The van der Waals surface area contributed by atoms with Crippen molar-refractivity contribution >= 4 is 27.3 Å². The van der Waals surface area contributed by atoms with Gasteiger partial charge < -0.3 is 16.0 Å². The highest BCUT2D eigenvalue weighted by Crippen LogP contribution is 2.27. The van der Waals surface area contributed by atoms with Crippen molar-refractivity contribution in [3.8, 4) is 0 Å². The second-order valence-electron chi connectivity index (χ2n) is 3.58. The minimum atomic E-state index is 0.662. The van der Waals surface area contributed by atoms with Crippen LogP contribution in [0.25, 0.3) is 0 Å². The molecule has 0 aliphatic rings. The predicted octanol–water partition coefficient (Wildman–Crippen LogP) is 2.67. The third kappa shape index (κ3) is 2.36. The van der Waals surface area contributed by atoms with Gasteiger partial charge in [0.25, 0.3) is 0 Å². The van der Waals surface area contributed by atoms with E-state index in [-0.39, 0.29) is 0 Å². The number of aryl methyl sites for hydroxylation is 1. The van der Waals surface area contributed by atoms with Gasteiger partial charge in [-0.1, -0.05) is 0 Å². The zero-order valence-electron chi connectivity index (χ0n) is 8.92. The number of rotatable bonds is 3. The lowest BCUT2D eigenvalue weighted by Crippen LogP contribution is -2.03. The van der Waals surface area contributed by atoms with Gasteiger partial charge in [0, 0.05) is 28.2 Å². The van der Waals surface area contributed by atoms with Gasteiger partial charge in [-0.3, -0.25) is 0 Å². The summed E-state index contributed by atoms with van der Waals surface area (Å²) in [7, 11) is 0. The van der Waals surface area contributed by atoms with Crippen molar-refractivity contribution in [3.05, 3.63) is 40.4 Å². The third-order valence-electron chi connectivity index (χ3n) is 2.36. The van der Waals surface area contributed by atoms with E-state index in [1.165, 1.54) is 0 Å². The van der Waals surface area contributed by atoms with Gasteiger partial charge in [-0.2, -0.15) is 0 Å². The monoisotopic (exact) mass is 280 g/mol. The highest BCUT2D eigenvalue weighted by molar-refractivity contribution is 9.10. The average molecular weight is 281 g/mol. The van der Waals surface area contributed by atoms with Crippen molar-refractivity contribution in [3.63, 3.8) is 0 Å². The summed E-state index contributed by atoms with van der Waals surface area (Å²) in [6.07, 6.45) is 3.54. The van der Waals surface area contributed by atoms with E-state index in [4.69, 9.17) is 5.73 Å². The summed E-state index contributed by atoms with van der Waals surface area (Å²) in [6, 6.07) is 3.92. The zero-order valence-corrected chi connectivity index (χ0v) is 10.5. The Bertz CT molecular complexity index is 479. The van der Waals surface area contributed by atoms with Gasteiger partial charge >= 0.3 is 0 Å². The quantitative estimate of drug-likeness (QED) is 0.758. The molecule has 2 rings (SSSR count). The molecule has 16 heavy (non-hydrogen) atoms. The van der Waals surface area contributed by atoms with Gasteiger partial charge in [0.05, 0.1) is 6.54 Å². The molecule has 0 aliphatic heterocycles. The van der Waals surface area contributed by atoms with Gasteiger partial charge in [-0.25, -0.2) is 4.98 Å². The van der Waals surface area contributed by atoms with Crippen LogP contribution in [0.2, 0.25) is 0 Å². The molecular formula is C11H13BrN4. The second-order valence-corrected chi connectivity index (χ2v) is 4.43. The molecule has 0 bridgehead atoms. The summed E-state index contributed by atoms with van der Waals surface area (Å²) in [4.78, 5) is 7.18. The fourth-order valence-corrected chi connectivity index (χ4v) is 1.91. The first-order valence-corrected chi connectivity index (χ1v) is 5.74. The first-order valence-electron chi connectivity index (χ1n) is 4.94. The lowest BCUT2D eigenvalue weighted by atomic mass is 10.2. The van der Waals surface area contributed by atoms with Crippen LogP contribution in [0.1, 0.15) is 11.4 Å². The fraction of sp³-hybridized carbons (Fsp3) is 0.182. The number of hydrogen-bond donors (Lipinski definition) is 3. The van der Waals surface area contributed by atoms with E-state index in [0.717, 1.165) is 27.2 Å². The summed E-state index contributed by atoms with van der Waals surface area (Å²) >= 11 is 3.47. The van der Waals surface area contributed by atoms with Crippen molar-refractivity contribution in [2.24, 2.45) is 0 Å². The number of hydrogen-bond acceptors (Lipinski definition) is 3. The van der Waals surface area contributed by atoms with Gasteiger partial charge in [0.15, 0.2) is 0 Å². The molecule has 0 radical (unpaired) electrons. The van der Waals surface area contributed by atoms with Crippen LogP contribution < -0.4 is 11.1 Å². The molecule has 84 valence electrons. The smallest absolute Gasteiger partial charge is 0.125 e. The van der Waals surface area contributed by atoms with Gasteiger partial charge in [0.2, 0.25) is 0 Å². The molecule has 5 heteroatoms. The molecule has 0 spiro atoms. The molecule has 1 aromatic heterocycles. The molecule has 2 aromatic rings. The van der Waals surface area contributed by atoms with Crippen LogP contribution in [-0.4, -0.2) is 9.97 Å². The number of aromatic amines is 1. The molecule has 4 nitrogen and oxygen atoms in total. The molecule has 0 saturated carbocycles. The minimum Gasteiger partial charge on any atom is -0.398 e. The number of nitrogen functional groups attached to an aromatic ring is 1. The Labute approximate surface area is 102 Å². The van der Waals surface area contributed by atoms with Crippen LogP contribution >= 0.6 is 15.9 Å². The molecule has 0 atom stereocenters. The maximum Gasteiger partial charge on any atom is 0.125 e. The number of nitrogens with one attached hydrogen (secondary N) is 2. The van der Waals surface area contributed by atoms with E-state index in [9.17, 15) is 0 Å². The van der Waals surface area contributed by atoms with Crippen molar-refractivity contribution in [2.75, 3.05) is 11.1 Å². The highest BCUT2D eigenvalue weighted by atomic mass is 79.9. The van der Waals surface area contributed by atoms with E-state index in [1.54, 1.807) is 12.4 Å². The number of H-pyrrole nitrogens is 1. The summed E-state index contributed by atoms with van der Waals surface area (Å²) < 4.78 is 0.960. The topological polar surface area (TPSA) is 66.7 Å². The summed E-state index contributed by atoms with van der Waals surface area (Å²) in [5, 5.41) is 3.29. The van der Waals surface area contributed by atoms with Gasteiger partial charge in [0.1, 0.15) is 5.82 Å². The third-order valence-corrected chi connectivity index (χ3v) is 3.01. The Morgan fingerprint density at radius 2 is 2.31 bits per heavy atom. The van der Waals surface area contributed by atoms with E-state index in [1.807, 2.05) is 19.1 Å². The standard InChI is InChI=1S/C11H13BrN4/c1-7-4-10(8(12)5-9(7)13)16-6-11-14-2-3-15-11/h2-5,16H,6,13H2,1H3,(H,14,15). The normalized spacial score (nSPS) is 10.4. The van der Waals surface area contributed by atoms with Crippen molar-refractivity contribution < 1.29 is 0 Å². The Hall–Kier alpha value is -1.49. The van der Waals surface area contributed by atoms with Crippen molar-refractivity contribution in [1.82, 2.24) is 9.97 Å². The number of anilines is 2. The number of nitrogens with two attached hydrogens (primary N) is 1. The van der Waals surface area contributed by atoms with E-state index < -0.39 is 0 Å². The van der Waals surface area contributed by atoms with E-state index >= 15 is 0 Å². The Balaban J connectivity index is 2.12. The molecule has 0 fully saturated rings. The molecule has 0 aliphatic carbocycles. The fourth-order valence-electron chi connectivity index (χ4n) is 1.41. The highest BCUT2D eigenvalue weighted by Gasteiger charge is 2.03. The minimum absolute atomic E-state index is 0.662. The first kappa shape index (κ1) is 11.0. The molecule has 0 amide bonds. The SMILES string of the molecule is Cc1cc(NCc2ncc[nH]2)c(Br)cc1N. The maximum absolute atomic E-state index is 5.80. The first-order chi connectivity index (χ1) is 7.66. The number of benzene rings is 1. The van der Waals surface area contributed by atoms with Gasteiger partial charge in [-0.15, -0.1) is 0 Å². The van der Waals surface area contributed by atoms with Crippen LogP contribution in [0.3, 0.4) is 0 Å². The molecule has 0 saturated heterocycles. The van der Waals surface area contributed by atoms with Crippen LogP contribution in [-0.2, 0) is 6.54 Å². The molecule has 1 heterocycles. The summed E-state index contributed by atoms with van der Waals surface area (Å²) in [6.45, 7) is 2.65. The van der Waals surface area contributed by atoms with Crippen molar-refractivity contribution in [1.29, 1.82) is 0 Å². The Morgan fingerprint density at radius 1 is 1.50 bits per heavy atom. The van der Waals surface area contributed by atoms with Crippen molar-refractivity contribution in [2.45, 2.75) is 13.5 Å². The van der Waals surface area contributed by atoms with Crippen LogP contribution in [0.15, 0.2) is 29.0 Å². The second kappa shape index (κ2) is 4.57. The molecule has 1 aromatic carbocycles. The number of nitrogens with zero attached hydrogens (tertiary/aromatic N) is 1. The van der Waals surface area contributed by atoms with Crippen LogP contribution in [0, 0.1) is 6.92 Å². The predicted molar refractivity (Wildman–Crippen MR) is 69.2 cm³/mol. The summed E-state index contributed by atoms with van der Waals surface area (Å²) in [5.74, 6) is 0.904. The maximum atomic E-state index is 5.80. The number of imidazole rings is 1. The molecular weight excluding hydrogens is 268 g/mol. The lowest BCUT2D eigenvalue weighted by Gasteiger charge is -2.10. The van der Waals surface area contributed by atoms with Gasteiger partial charge in [-0.05, 0) is 40.5 Å². The number of halogens is 1. The lowest BCUT2D eigenvalue weighted by molar-refractivity contribution is 0.998. The largest absolute Gasteiger partial charge is 0.398 e. The summed E-state index contributed by atoms with van der Waals surface area (Å²) in [5.41, 5.74) is 8.67. The Morgan fingerprint density at radius 3 is 3.00 bits per heavy atom. The molecule has 4 N–H and O–H groups in total. The molecule has 0 unspecified atom stereocenters.